The first-order chi connectivity index (χ1) is 9.12. The van der Waals surface area contributed by atoms with Gasteiger partial charge >= 0.3 is 0 Å². The molecule has 0 amide bonds. The van der Waals surface area contributed by atoms with Crippen molar-refractivity contribution in [2.45, 2.75) is 20.3 Å². The van der Waals surface area contributed by atoms with E-state index in [4.69, 9.17) is 21.6 Å². The van der Waals surface area contributed by atoms with Crippen LogP contribution in [0.3, 0.4) is 0 Å². The summed E-state index contributed by atoms with van der Waals surface area (Å²) in [7, 11) is 0. The molecule has 5 heteroatoms. The van der Waals surface area contributed by atoms with E-state index in [9.17, 15) is 0 Å². The Bertz CT molecular complexity index is 650. The van der Waals surface area contributed by atoms with Gasteiger partial charge in [-0.25, -0.2) is 4.98 Å². The molecule has 0 radical (unpaired) electrons. The molecule has 0 atom stereocenters. The molecule has 1 aromatic carbocycles. The maximum Gasteiger partial charge on any atom is 0.224 e. The Labute approximate surface area is 116 Å². The molecule has 0 saturated carbocycles. The molecule has 0 spiro atoms. The number of nitrogens with zero attached hydrogens (tertiary/aromatic N) is 3. The predicted molar refractivity (Wildman–Crippen MR) is 72.4 cm³/mol. The summed E-state index contributed by atoms with van der Waals surface area (Å²) in [5.74, 6) is 1.60. The van der Waals surface area contributed by atoms with E-state index in [0.29, 0.717) is 34.6 Å². The number of aryl methyl sites for hydroxylation is 2. The lowest BCUT2D eigenvalue weighted by molar-refractivity contribution is 0.455. The molecule has 0 aliphatic rings. The van der Waals surface area contributed by atoms with Crippen molar-refractivity contribution in [1.29, 1.82) is 5.26 Å². The van der Waals surface area contributed by atoms with Gasteiger partial charge in [0.05, 0.1) is 11.6 Å². The summed E-state index contributed by atoms with van der Waals surface area (Å²) >= 11 is 5.91. The number of rotatable bonds is 3. The van der Waals surface area contributed by atoms with E-state index in [0.717, 1.165) is 5.56 Å². The zero-order valence-electron chi connectivity index (χ0n) is 10.6. The van der Waals surface area contributed by atoms with Crippen molar-refractivity contribution in [1.82, 2.24) is 9.97 Å². The normalized spacial score (nSPS) is 10.0. The first-order valence-corrected chi connectivity index (χ1v) is 6.22. The monoisotopic (exact) mass is 273 g/mol. The molecule has 0 N–H and O–H groups in total. The lowest BCUT2D eigenvalue weighted by Gasteiger charge is -2.09. The smallest absolute Gasteiger partial charge is 0.224 e. The minimum absolute atomic E-state index is 0.343. The fraction of sp³-hybridized carbons (Fsp3) is 0.214. The lowest BCUT2D eigenvalue weighted by Crippen LogP contribution is -1.97. The van der Waals surface area contributed by atoms with E-state index in [-0.39, 0.29) is 0 Å². The highest BCUT2D eigenvalue weighted by Gasteiger charge is 2.07. The first-order valence-electron chi connectivity index (χ1n) is 5.84. The molecule has 0 unspecified atom stereocenters. The summed E-state index contributed by atoms with van der Waals surface area (Å²) in [4.78, 5) is 8.32. The van der Waals surface area contributed by atoms with E-state index >= 15 is 0 Å². The average Bonchev–Trinajstić information content (AvgIpc) is 2.40. The van der Waals surface area contributed by atoms with Crippen LogP contribution in [0.5, 0.6) is 11.6 Å². The molecule has 0 fully saturated rings. The van der Waals surface area contributed by atoms with Gasteiger partial charge in [0.1, 0.15) is 16.7 Å². The van der Waals surface area contributed by atoms with Gasteiger partial charge in [-0.15, -0.1) is 0 Å². The molecule has 0 aliphatic heterocycles. The number of hydrogen-bond donors (Lipinski definition) is 0. The van der Waals surface area contributed by atoms with Crippen molar-refractivity contribution in [3.05, 3.63) is 46.4 Å². The zero-order valence-corrected chi connectivity index (χ0v) is 11.4. The van der Waals surface area contributed by atoms with Crippen molar-refractivity contribution < 1.29 is 4.74 Å². The van der Waals surface area contributed by atoms with Crippen LogP contribution in [0.25, 0.3) is 0 Å². The largest absolute Gasteiger partial charge is 0.439 e. The molecule has 0 saturated heterocycles. The number of nitriles is 1. The molecule has 96 valence electrons. The van der Waals surface area contributed by atoms with E-state index in [2.05, 4.69) is 16.0 Å². The molecule has 0 aliphatic carbocycles. The summed E-state index contributed by atoms with van der Waals surface area (Å²) in [6, 6.07) is 8.88. The second kappa shape index (κ2) is 5.68. The van der Waals surface area contributed by atoms with Crippen LogP contribution in [0.15, 0.2) is 24.3 Å². The Hall–Kier alpha value is -2.12. The van der Waals surface area contributed by atoms with Crippen LogP contribution in [0.1, 0.15) is 23.9 Å². The molecular weight excluding hydrogens is 262 g/mol. The van der Waals surface area contributed by atoms with E-state index in [1.165, 1.54) is 0 Å². The summed E-state index contributed by atoms with van der Waals surface area (Å²) in [6.07, 6.45) is 0.675. The Balaban J connectivity index is 2.36. The quantitative estimate of drug-likeness (QED) is 0.801. The van der Waals surface area contributed by atoms with Crippen LogP contribution >= 0.6 is 11.6 Å². The number of aromatic nitrogens is 2. The van der Waals surface area contributed by atoms with Gasteiger partial charge in [-0.05, 0) is 24.6 Å². The van der Waals surface area contributed by atoms with Crippen molar-refractivity contribution >= 4 is 11.6 Å². The number of hydrogen-bond acceptors (Lipinski definition) is 4. The predicted octanol–water partition coefficient (Wildman–Crippen LogP) is 3.66. The Kier molecular flexibility index (Phi) is 3.98. The van der Waals surface area contributed by atoms with E-state index in [1.807, 2.05) is 19.9 Å². The topological polar surface area (TPSA) is 58.8 Å². The highest BCUT2D eigenvalue weighted by Crippen LogP contribution is 2.26. The number of halogens is 1. The molecule has 4 nitrogen and oxygen atoms in total. The van der Waals surface area contributed by atoms with Gasteiger partial charge in [-0.3, -0.25) is 0 Å². The third-order valence-corrected chi connectivity index (χ3v) is 2.76. The van der Waals surface area contributed by atoms with Gasteiger partial charge < -0.3 is 4.74 Å². The molecule has 1 aromatic heterocycles. The molecule has 2 aromatic rings. The minimum Gasteiger partial charge on any atom is -0.439 e. The molecule has 1 heterocycles. The number of benzene rings is 1. The van der Waals surface area contributed by atoms with Gasteiger partial charge in [0.25, 0.3) is 0 Å². The highest BCUT2D eigenvalue weighted by atomic mass is 35.5. The van der Waals surface area contributed by atoms with Crippen molar-refractivity contribution in [3.8, 4) is 17.7 Å². The van der Waals surface area contributed by atoms with Crippen LogP contribution in [0.2, 0.25) is 5.15 Å². The SMILES string of the molecule is CCc1nc(Cl)cc(Oc2cc(C#N)ccc2C)n1. The molecular formula is C14H12ClN3O. The Morgan fingerprint density at radius 2 is 2.11 bits per heavy atom. The van der Waals surface area contributed by atoms with Gasteiger partial charge in [0.2, 0.25) is 5.88 Å². The molecule has 19 heavy (non-hydrogen) atoms. The summed E-state index contributed by atoms with van der Waals surface area (Å²) in [5.41, 5.74) is 1.46. The lowest BCUT2D eigenvalue weighted by atomic mass is 10.1. The van der Waals surface area contributed by atoms with Gasteiger partial charge in [0, 0.05) is 12.5 Å². The Morgan fingerprint density at radius 1 is 1.32 bits per heavy atom. The second-order valence-corrected chi connectivity index (χ2v) is 4.38. The Morgan fingerprint density at radius 3 is 2.79 bits per heavy atom. The molecule has 2 rings (SSSR count). The summed E-state index contributed by atoms with van der Waals surface area (Å²) in [6.45, 7) is 3.84. The van der Waals surface area contributed by atoms with E-state index < -0.39 is 0 Å². The minimum atomic E-state index is 0.343. The average molecular weight is 274 g/mol. The maximum atomic E-state index is 8.89. The van der Waals surface area contributed by atoms with Crippen molar-refractivity contribution in [2.75, 3.05) is 0 Å². The highest BCUT2D eigenvalue weighted by molar-refractivity contribution is 6.29. The first kappa shape index (κ1) is 13.3. The van der Waals surface area contributed by atoms with Gasteiger partial charge in [-0.2, -0.15) is 10.2 Å². The molecule has 0 bridgehead atoms. The third kappa shape index (κ3) is 3.21. The van der Waals surface area contributed by atoms with E-state index in [1.54, 1.807) is 18.2 Å². The van der Waals surface area contributed by atoms with Crippen molar-refractivity contribution in [3.63, 3.8) is 0 Å². The second-order valence-electron chi connectivity index (χ2n) is 3.99. The van der Waals surface area contributed by atoms with Crippen LogP contribution in [-0.2, 0) is 6.42 Å². The van der Waals surface area contributed by atoms with Crippen LogP contribution < -0.4 is 4.74 Å². The van der Waals surface area contributed by atoms with Gasteiger partial charge in [0.15, 0.2) is 0 Å². The summed E-state index contributed by atoms with van der Waals surface area (Å²) < 4.78 is 5.69. The van der Waals surface area contributed by atoms with Crippen molar-refractivity contribution in [2.24, 2.45) is 0 Å². The van der Waals surface area contributed by atoms with Gasteiger partial charge in [-0.1, -0.05) is 24.6 Å². The summed E-state index contributed by atoms with van der Waals surface area (Å²) in [5, 5.41) is 9.24. The fourth-order valence-corrected chi connectivity index (χ4v) is 1.74. The fourth-order valence-electron chi connectivity index (χ4n) is 1.54. The standard InChI is InChI=1S/C14H12ClN3O/c1-3-13-17-12(15)7-14(18-13)19-11-6-10(8-16)5-4-9(11)2/h4-7H,3H2,1-2H3. The van der Waals surface area contributed by atoms with Crippen LogP contribution in [0.4, 0.5) is 0 Å². The van der Waals surface area contributed by atoms with Crippen LogP contribution in [0, 0.1) is 18.3 Å². The van der Waals surface area contributed by atoms with Crippen LogP contribution in [-0.4, -0.2) is 9.97 Å². The zero-order chi connectivity index (χ0) is 13.8. The third-order valence-electron chi connectivity index (χ3n) is 2.57. The number of ether oxygens (including phenoxy) is 1. The maximum absolute atomic E-state index is 8.89.